The first-order valence-electron chi connectivity index (χ1n) is 8.73. The molecule has 27 heavy (non-hydrogen) atoms. The summed E-state index contributed by atoms with van der Waals surface area (Å²) >= 11 is 0. The molecule has 0 aliphatic heterocycles. The summed E-state index contributed by atoms with van der Waals surface area (Å²) in [5.74, 6) is 0.765. The minimum Gasteiger partial charge on any atom is -0.276 e. The first kappa shape index (κ1) is 14.3. The highest BCUT2D eigenvalue weighted by Crippen LogP contribution is 2.30. The van der Waals surface area contributed by atoms with Crippen LogP contribution < -0.4 is 0 Å². The molecule has 3 aromatic carbocycles. The Morgan fingerprint density at radius 1 is 0.667 bits per heavy atom. The fourth-order valence-corrected chi connectivity index (χ4v) is 3.67. The lowest BCUT2D eigenvalue weighted by Crippen LogP contribution is -2.01. The number of hydrogen-bond donors (Lipinski definition) is 1. The molecule has 0 saturated carbocycles. The van der Waals surface area contributed by atoms with E-state index in [1.54, 1.807) is 0 Å². The molecule has 3 heterocycles. The van der Waals surface area contributed by atoms with E-state index in [0.29, 0.717) is 0 Å². The summed E-state index contributed by atoms with van der Waals surface area (Å²) in [6.07, 6.45) is 3.75. The van der Waals surface area contributed by atoms with Crippen LogP contribution in [0.2, 0.25) is 0 Å². The maximum Gasteiger partial charge on any atom is 0.185 e. The summed E-state index contributed by atoms with van der Waals surface area (Å²) in [4.78, 5) is 0. The molecule has 0 atom stereocenters. The van der Waals surface area contributed by atoms with Gasteiger partial charge in [-0.05, 0) is 24.3 Å². The van der Waals surface area contributed by atoms with Crippen LogP contribution in [0.15, 0.2) is 79.1 Å². The van der Waals surface area contributed by atoms with Gasteiger partial charge in [-0.15, -0.1) is 0 Å². The highest BCUT2D eigenvalue weighted by atomic mass is 15.4. The van der Waals surface area contributed by atoms with E-state index in [0.717, 1.165) is 44.2 Å². The summed E-state index contributed by atoms with van der Waals surface area (Å²) in [7, 11) is 0. The maximum atomic E-state index is 4.63. The van der Waals surface area contributed by atoms with Gasteiger partial charge in [0.2, 0.25) is 0 Å². The van der Waals surface area contributed by atoms with Gasteiger partial charge in [0.05, 0.1) is 40.0 Å². The van der Waals surface area contributed by atoms with Crippen molar-refractivity contribution in [2.24, 2.45) is 0 Å². The van der Waals surface area contributed by atoms with Crippen molar-refractivity contribution >= 4 is 32.7 Å². The normalized spacial score (nSPS) is 11.7. The summed E-state index contributed by atoms with van der Waals surface area (Å²) in [6.45, 7) is 0. The number of nitrogens with zero attached hydrogens (tertiary/aromatic N) is 5. The molecule has 0 aliphatic carbocycles. The van der Waals surface area contributed by atoms with E-state index in [1.165, 1.54) is 0 Å². The molecule has 0 radical (unpaired) electrons. The van der Waals surface area contributed by atoms with Gasteiger partial charge in [0, 0.05) is 10.8 Å². The molecule has 6 rings (SSSR count). The van der Waals surface area contributed by atoms with Crippen LogP contribution >= 0.6 is 0 Å². The summed E-state index contributed by atoms with van der Waals surface area (Å²) < 4.78 is 3.84. The second kappa shape index (κ2) is 5.28. The molecule has 3 aromatic heterocycles. The number of hydrogen-bond acceptors (Lipinski definition) is 3. The number of H-pyrrole nitrogens is 1. The van der Waals surface area contributed by atoms with Crippen LogP contribution in [-0.2, 0) is 0 Å². The Kier molecular flexibility index (Phi) is 2.79. The summed E-state index contributed by atoms with van der Waals surface area (Å²) in [6, 6.07) is 22.4. The maximum absolute atomic E-state index is 4.63. The number of para-hydroxylation sites is 2. The SMILES string of the molecule is c1ccc2c(c1)cnn2-c1cccc2[nH]nc(-n3ncc4ccccc43)c12. The van der Waals surface area contributed by atoms with Crippen LogP contribution in [0.1, 0.15) is 0 Å². The monoisotopic (exact) mass is 350 g/mol. The predicted octanol–water partition coefficient (Wildman–Crippen LogP) is 4.24. The van der Waals surface area contributed by atoms with E-state index in [2.05, 4.69) is 50.7 Å². The number of nitrogens with one attached hydrogen (secondary N) is 1. The molecule has 0 unspecified atom stereocenters. The first-order chi connectivity index (χ1) is 13.4. The molecule has 6 nitrogen and oxygen atoms in total. The molecule has 1 N–H and O–H groups in total. The van der Waals surface area contributed by atoms with Gasteiger partial charge >= 0.3 is 0 Å². The quantitative estimate of drug-likeness (QED) is 0.508. The van der Waals surface area contributed by atoms with E-state index in [4.69, 9.17) is 0 Å². The van der Waals surface area contributed by atoms with Crippen molar-refractivity contribution < 1.29 is 0 Å². The Balaban J connectivity index is 1.69. The fraction of sp³-hybridized carbons (Fsp3) is 0. The summed E-state index contributed by atoms with van der Waals surface area (Å²) in [5, 5.41) is 20.1. The van der Waals surface area contributed by atoms with Gasteiger partial charge < -0.3 is 0 Å². The molecule has 0 fully saturated rings. The number of aromatic nitrogens is 6. The number of benzene rings is 3. The van der Waals surface area contributed by atoms with Crippen molar-refractivity contribution in [3.63, 3.8) is 0 Å². The van der Waals surface area contributed by atoms with E-state index in [9.17, 15) is 0 Å². The molecule has 128 valence electrons. The van der Waals surface area contributed by atoms with Crippen LogP contribution in [0.25, 0.3) is 44.2 Å². The smallest absolute Gasteiger partial charge is 0.185 e. The Morgan fingerprint density at radius 3 is 2.11 bits per heavy atom. The summed E-state index contributed by atoms with van der Waals surface area (Å²) in [5.41, 5.74) is 3.99. The van der Waals surface area contributed by atoms with Gasteiger partial charge in [-0.2, -0.15) is 15.3 Å². The van der Waals surface area contributed by atoms with E-state index in [1.807, 2.05) is 58.2 Å². The largest absolute Gasteiger partial charge is 0.276 e. The Bertz CT molecular complexity index is 1440. The van der Waals surface area contributed by atoms with Gasteiger partial charge in [0.15, 0.2) is 5.82 Å². The van der Waals surface area contributed by atoms with Crippen molar-refractivity contribution in [1.82, 2.24) is 29.8 Å². The molecule has 0 aliphatic rings. The van der Waals surface area contributed by atoms with E-state index in [-0.39, 0.29) is 0 Å². The third-order valence-corrected chi connectivity index (χ3v) is 4.93. The second-order valence-electron chi connectivity index (χ2n) is 6.48. The van der Waals surface area contributed by atoms with Crippen molar-refractivity contribution in [2.45, 2.75) is 0 Å². The number of rotatable bonds is 2. The number of fused-ring (bicyclic) bond motifs is 3. The zero-order valence-corrected chi connectivity index (χ0v) is 14.2. The molecule has 6 heteroatoms. The Morgan fingerprint density at radius 2 is 1.33 bits per heavy atom. The molecule has 6 aromatic rings. The lowest BCUT2D eigenvalue weighted by atomic mass is 10.2. The molecule has 0 amide bonds. The molecular weight excluding hydrogens is 336 g/mol. The molecule has 0 spiro atoms. The minimum atomic E-state index is 0.765. The standard InChI is InChI=1S/C21H14N6/c1-3-9-17-14(6-1)12-22-26(17)19-11-5-8-16-20(19)21(25-24-16)27-18-10-4-2-7-15(18)13-23-27/h1-13H,(H,24,25). The fourth-order valence-electron chi connectivity index (χ4n) is 3.67. The lowest BCUT2D eigenvalue weighted by molar-refractivity contribution is 0.864. The molecule has 0 bridgehead atoms. The zero-order valence-electron chi connectivity index (χ0n) is 14.2. The van der Waals surface area contributed by atoms with Crippen LogP contribution in [-0.4, -0.2) is 29.8 Å². The Hall–Kier alpha value is -3.93. The van der Waals surface area contributed by atoms with Crippen LogP contribution in [0.4, 0.5) is 0 Å². The zero-order chi connectivity index (χ0) is 17.8. The second-order valence-corrected chi connectivity index (χ2v) is 6.48. The predicted molar refractivity (Wildman–Crippen MR) is 105 cm³/mol. The van der Waals surface area contributed by atoms with Gasteiger partial charge in [-0.1, -0.05) is 42.5 Å². The van der Waals surface area contributed by atoms with E-state index >= 15 is 0 Å². The van der Waals surface area contributed by atoms with Gasteiger partial charge in [0.25, 0.3) is 0 Å². The highest BCUT2D eigenvalue weighted by Gasteiger charge is 2.17. The van der Waals surface area contributed by atoms with E-state index < -0.39 is 0 Å². The molecular formula is C21H14N6. The topological polar surface area (TPSA) is 64.3 Å². The number of aromatic amines is 1. The van der Waals surface area contributed by atoms with Crippen molar-refractivity contribution in [2.75, 3.05) is 0 Å². The van der Waals surface area contributed by atoms with Gasteiger partial charge in [-0.25, -0.2) is 9.36 Å². The Labute approximate surface area is 153 Å². The van der Waals surface area contributed by atoms with Crippen LogP contribution in [0, 0.1) is 0 Å². The van der Waals surface area contributed by atoms with Gasteiger partial charge in [0.1, 0.15) is 0 Å². The van der Waals surface area contributed by atoms with Crippen LogP contribution in [0.5, 0.6) is 0 Å². The van der Waals surface area contributed by atoms with Crippen LogP contribution in [0.3, 0.4) is 0 Å². The lowest BCUT2D eigenvalue weighted by Gasteiger charge is -2.07. The third-order valence-electron chi connectivity index (χ3n) is 4.93. The minimum absolute atomic E-state index is 0.765. The highest BCUT2D eigenvalue weighted by molar-refractivity contribution is 5.96. The average Bonchev–Trinajstić information content (AvgIpc) is 3.43. The average molecular weight is 350 g/mol. The van der Waals surface area contributed by atoms with Crippen molar-refractivity contribution in [3.05, 3.63) is 79.1 Å². The van der Waals surface area contributed by atoms with Gasteiger partial charge in [-0.3, -0.25) is 5.10 Å². The van der Waals surface area contributed by atoms with Crippen molar-refractivity contribution in [3.8, 4) is 11.5 Å². The third kappa shape index (κ3) is 1.98. The molecule has 0 saturated heterocycles. The first-order valence-corrected chi connectivity index (χ1v) is 8.73. The van der Waals surface area contributed by atoms with Crippen molar-refractivity contribution in [1.29, 1.82) is 0 Å².